The average molecular weight is 324 g/mol. The fourth-order valence-electron chi connectivity index (χ4n) is 2.75. The van der Waals surface area contributed by atoms with Gasteiger partial charge in [-0.25, -0.2) is 9.67 Å². The van der Waals surface area contributed by atoms with Crippen molar-refractivity contribution in [3.63, 3.8) is 0 Å². The zero-order chi connectivity index (χ0) is 16.6. The van der Waals surface area contributed by atoms with E-state index >= 15 is 0 Å². The fourth-order valence-corrected chi connectivity index (χ4v) is 2.75. The molecule has 0 atom stereocenters. The number of rotatable bonds is 4. The Balaban J connectivity index is 1.49. The minimum atomic E-state index is -0.988. The molecule has 1 aromatic carbocycles. The number of aryl methyl sites for hydroxylation is 1. The molecular weight excluding hydrogens is 308 g/mol. The lowest BCUT2D eigenvalue weighted by Gasteiger charge is -2.45. The van der Waals surface area contributed by atoms with Gasteiger partial charge < -0.3 is 14.7 Å². The second-order valence-electron chi connectivity index (χ2n) is 5.74. The predicted octanol–water partition coefficient (Wildman–Crippen LogP) is 1.11. The van der Waals surface area contributed by atoms with Crippen molar-refractivity contribution in [1.82, 2.24) is 25.0 Å². The molecule has 0 unspecified atom stereocenters. The molecule has 3 heterocycles. The van der Waals surface area contributed by atoms with E-state index in [0.29, 0.717) is 36.4 Å². The van der Waals surface area contributed by atoms with Crippen molar-refractivity contribution in [2.75, 3.05) is 18.0 Å². The van der Waals surface area contributed by atoms with E-state index in [1.54, 1.807) is 30.2 Å². The summed E-state index contributed by atoms with van der Waals surface area (Å²) in [6, 6.07) is 11.1. The molecule has 0 radical (unpaired) electrons. The minimum absolute atomic E-state index is 0.378. The maximum absolute atomic E-state index is 10.7. The van der Waals surface area contributed by atoms with Gasteiger partial charge in [-0.3, -0.25) is 0 Å². The highest BCUT2D eigenvalue weighted by Crippen LogP contribution is 2.33. The summed E-state index contributed by atoms with van der Waals surface area (Å²) >= 11 is 0. The molecule has 8 nitrogen and oxygen atoms in total. The van der Waals surface area contributed by atoms with Crippen molar-refractivity contribution in [3.8, 4) is 11.6 Å². The Hall–Kier alpha value is -3.00. The molecule has 1 N–H and O–H groups in total. The third-order valence-corrected chi connectivity index (χ3v) is 3.96. The van der Waals surface area contributed by atoms with Crippen LogP contribution in [0, 0.1) is 0 Å². The van der Waals surface area contributed by atoms with Gasteiger partial charge in [-0.05, 0) is 12.1 Å². The van der Waals surface area contributed by atoms with E-state index in [1.807, 2.05) is 35.2 Å². The van der Waals surface area contributed by atoms with Crippen LogP contribution < -0.4 is 9.64 Å². The topological polar surface area (TPSA) is 89.2 Å². The Bertz CT molecular complexity index is 845. The minimum Gasteiger partial charge on any atom is -0.439 e. The molecule has 1 aliphatic rings. The first-order chi connectivity index (χ1) is 11.6. The van der Waals surface area contributed by atoms with Crippen molar-refractivity contribution in [2.45, 2.75) is 5.60 Å². The third kappa shape index (κ3) is 2.56. The van der Waals surface area contributed by atoms with Gasteiger partial charge in [-0.1, -0.05) is 23.4 Å². The predicted molar refractivity (Wildman–Crippen MR) is 85.7 cm³/mol. The monoisotopic (exact) mass is 324 g/mol. The van der Waals surface area contributed by atoms with Crippen LogP contribution in [0.25, 0.3) is 0 Å². The van der Waals surface area contributed by atoms with Gasteiger partial charge in [0.2, 0.25) is 11.8 Å². The molecule has 24 heavy (non-hydrogen) atoms. The molecular formula is C16H16N6O2. The Kier molecular flexibility index (Phi) is 3.39. The van der Waals surface area contributed by atoms with Gasteiger partial charge in [0.05, 0.1) is 25.0 Å². The maximum Gasteiger partial charge on any atom is 0.228 e. The summed E-state index contributed by atoms with van der Waals surface area (Å²) in [6.07, 6.45) is 3.22. The third-order valence-electron chi connectivity index (χ3n) is 3.96. The fraction of sp³-hybridized carbons (Fsp3) is 0.250. The molecule has 3 aromatic rings. The van der Waals surface area contributed by atoms with Crippen molar-refractivity contribution in [3.05, 3.63) is 54.5 Å². The second kappa shape index (κ2) is 5.57. The van der Waals surface area contributed by atoms with Crippen LogP contribution in [0.4, 0.5) is 5.95 Å². The van der Waals surface area contributed by atoms with E-state index in [0.717, 1.165) is 0 Å². The first-order valence-corrected chi connectivity index (χ1v) is 7.52. The van der Waals surface area contributed by atoms with Gasteiger partial charge in [0, 0.05) is 19.3 Å². The zero-order valence-electron chi connectivity index (χ0n) is 13.1. The van der Waals surface area contributed by atoms with Crippen LogP contribution >= 0.6 is 0 Å². The molecule has 4 rings (SSSR count). The maximum atomic E-state index is 10.7. The Morgan fingerprint density at radius 3 is 2.67 bits per heavy atom. The summed E-state index contributed by atoms with van der Waals surface area (Å²) in [5.74, 6) is 1.69. The SMILES string of the molecule is Cn1nncc1C1(O)CN(c2nccc(Oc3ccccc3)n2)C1. The molecule has 0 spiro atoms. The van der Waals surface area contributed by atoms with E-state index < -0.39 is 5.60 Å². The number of aromatic nitrogens is 5. The summed E-state index contributed by atoms with van der Waals surface area (Å²) in [5, 5.41) is 18.3. The highest BCUT2D eigenvalue weighted by Gasteiger charge is 2.46. The number of β-amino-alcohol motifs (C(OH)–C–C–N with tert-alkyl or cyclic N) is 1. The lowest BCUT2D eigenvalue weighted by molar-refractivity contribution is -0.00105. The number of hydrogen-bond donors (Lipinski definition) is 1. The number of nitrogens with zero attached hydrogens (tertiary/aromatic N) is 6. The summed E-state index contributed by atoms with van der Waals surface area (Å²) < 4.78 is 7.29. The van der Waals surface area contributed by atoms with Crippen LogP contribution in [0.1, 0.15) is 5.69 Å². The second-order valence-corrected chi connectivity index (χ2v) is 5.74. The van der Waals surface area contributed by atoms with Crippen LogP contribution in [0.5, 0.6) is 11.6 Å². The van der Waals surface area contributed by atoms with Crippen LogP contribution in [0.15, 0.2) is 48.8 Å². The van der Waals surface area contributed by atoms with Crippen LogP contribution in [0.3, 0.4) is 0 Å². The molecule has 2 aromatic heterocycles. The van der Waals surface area contributed by atoms with E-state index in [1.165, 1.54) is 0 Å². The molecule has 0 amide bonds. The number of ether oxygens (including phenoxy) is 1. The number of anilines is 1. The van der Waals surface area contributed by atoms with Gasteiger partial charge in [0.15, 0.2) is 0 Å². The van der Waals surface area contributed by atoms with Crippen molar-refractivity contribution in [1.29, 1.82) is 0 Å². The number of hydrogen-bond acceptors (Lipinski definition) is 7. The Labute approximate surface area is 138 Å². The van der Waals surface area contributed by atoms with Crippen molar-refractivity contribution in [2.24, 2.45) is 7.05 Å². The molecule has 0 aliphatic carbocycles. The summed E-state index contributed by atoms with van der Waals surface area (Å²) in [4.78, 5) is 10.5. The first-order valence-electron chi connectivity index (χ1n) is 7.52. The van der Waals surface area contributed by atoms with E-state index in [2.05, 4.69) is 20.3 Å². The average Bonchev–Trinajstić information content (AvgIpc) is 3.00. The summed E-state index contributed by atoms with van der Waals surface area (Å²) in [5.41, 5.74) is -0.312. The van der Waals surface area contributed by atoms with Gasteiger partial charge in [0.1, 0.15) is 11.4 Å². The van der Waals surface area contributed by atoms with Crippen molar-refractivity contribution >= 4 is 5.95 Å². The van der Waals surface area contributed by atoms with Gasteiger partial charge >= 0.3 is 0 Å². The molecule has 0 bridgehead atoms. The molecule has 0 saturated carbocycles. The van der Waals surface area contributed by atoms with Gasteiger partial charge in [0.25, 0.3) is 0 Å². The first kappa shape index (κ1) is 14.6. The summed E-state index contributed by atoms with van der Waals surface area (Å²) in [6.45, 7) is 0.756. The highest BCUT2D eigenvalue weighted by molar-refractivity contribution is 5.41. The Morgan fingerprint density at radius 1 is 1.17 bits per heavy atom. The Morgan fingerprint density at radius 2 is 1.96 bits per heavy atom. The molecule has 1 saturated heterocycles. The van der Waals surface area contributed by atoms with E-state index in [4.69, 9.17) is 4.74 Å². The zero-order valence-corrected chi connectivity index (χ0v) is 13.1. The standard InChI is InChI=1S/C16H16N6O2/c1-21-13(9-18-20-21)16(23)10-22(11-16)15-17-8-7-14(19-15)24-12-5-3-2-4-6-12/h2-9,23H,10-11H2,1H3. The van der Waals surface area contributed by atoms with E-state index in [9.17, 15) is 5.11 Å². The molecule has 122 valence electrons. The summed E-state index contributed by atoms with van der Waals surface area (Å²) in [7, 11) is 1.76. The highest BCUT2D eigenvalue weighted by atomic mass is 16.5. The lowest BCUT2D eigenvalue weighted by atomic mass is 9.91. The van der Waals surface area contributed by atoms with Gasteiger partial charge in [-0.15, -0.1) is 5.10 Å². The normalized spacial score (nSPS) is 15.8. The van der Waals surface area contributed by atoms with Crippen LogP contribution in [-0.2, 0) is 12.6 Å². The molecule has 1 aliphatic heterocycles. The van der Waals surface area contributed by atoms with Crippen LogP contribution in [-0.4, -0.2) is 43.2 Å². The number of benzene rings is 1. The van der Waals surface area contributed by atoms with E-state index in [-0.39, 0.29) is 0 Å². The number of aliphatic hydroxyl groups is 1. The van der Waals surface area contributed by atoms with Crippen LogP contribution in [0.2, 0.25) is 0 Å². The van der Waals surface area contributed by atoms with Gasteiger partial charge in [-0.2, -0.15) is 4.98 Å². The molecule has 8 heteroatoms. The quantitative estimate of drug-likeness (QED) is 0.769. The lowest BCUT2D eigenvalue weighted by Crippen LogP contribution is -2.60. The largest absolute Gasteiger partial charge is 0.439 e. The number of para-hydroxylation sites is 1. The smallest absolute Gasteiger partial charge is 0.228 e. The molecule has 1 fully saturated rings. The van der Waals surface area contributed by atoms with Crippen molar-refractivity contribution < 1.29 is 9.84 Å².